The van der Waals surface area contributed by atoms with E-state index < -0.39 is 18.5 Å². The average Bonchev–Trinajstić information content (AvgIpc) is 2.74. The van der Waals surface area contributed by atoms with Crippen LogP contribution in [0.2, 0.25) is 5.02 Å². The second-order valence-corrected chi connectivity index (χ2v) is 6.41. The monoisotopic (exact) mass is 421 g/mol. The second kappa shape index (κ2) is 11.2. The summed E-state index contributed by atoms with van der Waals surface area (Å²) in [5.41, 5.74) is 0.974. The number of para-hydroxylation sites is 1. The Morgan fingerprint density at radius 2 is 1.79 bits per heavy atom. The predicted octanol–water partition coefficient (Wildman–Crippen LogP) is 3.62. The van der Waals surface area contributed by atoms with E-state index in [9.17, 15) is 9.59 Å². The molecule has 0 heterocycles. The van der Waals surface area contributed by atoms with E-state index in [2.05, 4.69) is 5.32 Å². The van der Waals surface area contributed by atoms with Gasteiger partial charge in [-0.1, -0.05) is 36.7 Å². The molecule has 0 spiro atoms. The van der Waals surface area contributed by atoms with Crippen molar-refractivity contribution in [1.82, 2.24) is 5.32 Å². The first-order valence-corrected chi connectivity index (χ1v) is 9.44. The van der Waals surface area contributed by atoms with Crippen molar-refractivity contribution in [3.05, 3.63) is 52.5 Å². The maximum atomic E-state index is 12.3. The molecule has 0 saturated heterocycles. The summed E-state index contributed by atoms with van der Waals surface area (Å²) in [7, 11) is 3.01. The highest BCUT2D eigenvalue weighted by Gasteiger charge is 2.18. The molecule has 8 heteroatoms. The number of rotatable bonds is 10. The molecule has 0 aliphatic carbocycles. The second-order valence-electron chi connectivity index (χ2n) is 6.00. The molecule has 0 aliphatic heterocycles. The smallest absolute Gasteiger partial charge is 0.338 e. The van der Waals surface area contributed by atoms with Crippen LogP contribution < -0.4 is 19.5 Å². The topological polar surface area (TPSA) is 83.1 Å². The maximum Gasteiger partial charge on any atom is 0.338 e. The summed E-state index contributed by atoms with van der Waals surface area (Å²) in [5.74, 6) is 0.211. The number of esters is 1. The Balaban J connectivity index is 1.94. The van der Waals surface area contributed by atoms with Crippen LogP contribution in [0.5, 0.6) is 17.2 Å². The third-order valence-corrected chi connectivity index (χ3v) is 4.20. The van der Waals surface area contributed by atoms with Crippen LogP contribution in [0.1, 0.15) is 29.3 Å². The third-order valence-electron chi connectivity index (χ3n) is 3.92. The summed E-state index contributed by atoms with van der Waals surface area (Å²) in [6, 6.07) is 10.2. The minimum absolute atomic E-state index is 0.160. The van der Waals surface area contributed by atoms with Crippen molar-refractivity contribution >= 4 is 23.5 Å². The number of hydrogen-bond donors (Lipinski definition) is 1. The molecule has 0 unspecified atom stereocenters. The largest absolute Gasteiger partial charge is 0.496 e. The summed E-state index contributed by atoms with van der Waals surface area (Å²) in [6.07, 6.45) is 0.799. The van der Waals surface area contributed by atoms with Gasteiger partial charge in [-0.15, -0.1) is 0 Å². The Hall–Kier alpha value is -2.93. The number of ether oxygens (including phenoxy) is 4. The third kappa shape index (κ3) is 6.29. The van der Waals surface area contributed by atoms with Gasteiger partial charge >= 0.3 is 5.97 Å². The summed E-state index contributed by atoms with van der Waals surface area (Å²) in [6.45, 7) is 2.25. The van der Waals surface area contributed by atoms with Gasteiger partial charge in [0.05, 0.1) is 31.4 Å². The van der Waals surface area contributed by atoms with Crippen LogP contribution in [0.3, 0.4) is 0 Å². The van der Waals surface area contributed by atoms with E-state index in [1.807, 2.05) is 25.1 Å². The van der Waals surface area contributed by atoms with Crippen molar-refractivity contribution in [2.75, 3.05) is 27.4 Å². The molecule has 29 heavy (non-hydrogen) atoms. The summed E-state index contributed by atoms with van der Waals surface area (Å²) < 4.78 is 21.1. The van der Waals surface area contributed by atoms with Crippen molar-refractivity contribution in [1.29, 1.82) is 0 Å². The Morgan fingerprint density at radius 3 is 2.48 bits per heavy atom. The number of halogens is 1. The zero-order valence-corrected chi connectivity index (χ0v) is 17.4. The van der Waals surface area contributed by atoms with Crippen LogP contribution in [0.25, 0.3) is 0 Å². The standard InChI is InChI=1S/C21H24ClNO6/c1-4-9-28-20-16(22)10-15(11-18(20)27-3)21(25)29-13-19(24)23-12-14-7-5-6-8-17(14)26-2/h5-8,10-11H,4,9,12-13H2,1-3H3,(H,23,24). The van der Waals surface area contributed by atoms with E-state index in [1.165, 1.54) is 19.2 Å². The molecule has 7 nitrogen and oxygen atoms in total. The van der Waals surface area contributed by atoms with E-state index in [1.54, 1.807) is 13.2 Å². The highest BCUT2D eigenvalue weighted by molar-refractivity contribution is 6.32. The summed E-state index contributed by atoms with van der Waals surface area (Å²) in [5, 5.41) is 2.91. The van der Waals surface area contributed by atoms with Gasteiger partial charge in [0.25, 0.3) is 5.91 Å². The van der Waals surface area contributed by atoms with E-state index in [-0.39, 0.29) is 17.1 Å². The number of hydrogen-bond acceptors (Lipinski definition) is 6. The fraction of sp³-hybridized carbons (Fsp3) is 0.333. The number of carbonyl (C=O) groups excluding carboxylic acids is 2. The number of carbonyl (C=O) groups is 2. The fourth-order valence-corrected chi connectivity index (χ4v) is 2.76. The molecular formula is C21H24ClNO6. The summed E-state index contributed by atoms with van der Waals surface area (Å²) >= 11 is 6.20. The Morgan fingerprint density at radius 1 is 1.07 bits per heavy atom. The lowest BCUT2D eigenvalue weighted by atomic mass is 10.2. The molecule has 0 bridgehead atoms. The lowest BCUT2D eigenvalue weighted by Crippen LogP contribution is -2.28. The van der Waals surface area contributed by atoms with Crippen LogP contribution in [0, 0.1) is 0 Å². The van der Waals surface area contributed by atoms with Gasteiger partial charge in [0.15, 0.2) is 18.1 Å². The molecule has 0 radical (unpaired) electrons. The lowest BCUT2D eigenvalue weighted by molar-refractivity contribution is -0.124. The van der Waals surface area contributed by atoms with Crippen LogP contribution in [0.4, 0.5) is 0 Å². The SMILES string of the molecule is CCCOc1c(Cl)cc(C(=O)OCC(=O)NCc2ccccc2OC)cc1OC. The van der Waals surface area contributed by atoms with E-state index in [4.69, 9.17) is 30.5 Å². The first-order valence-electron chi connectivity index (χ1n) is 9.06. The van der Waals surface area contributed by atoms with E-state index in [0.29, 0.717) is 23.9 Å². The number of amides is 1. The van der Waals surface area contributed by atoms with Crippen LogP contribution >= 0.6 is 11.6 Å². The predicted molar refractivity (Wildman–Crippen MR) is 109 cm³/mol. The molecule has 2 rings (SSSR count). The highest BCUT2D eigenvalue weighted by atomic mass is 35.5. The van der Waals surface area contributed by atoms with E-state index >= 15 is 0 Å². The normalized spacial score (nSPS) is 10.2. The lowest BCUT2D eigenvalue weighted by Gasteiger charge is -2.13. The Bertz CT molecular complexity index is 855. The molecule has 2 aromatic rings. The van der Waals surface area contributed by atoms with Gasteiger partial charge < -0.3 is 24.3 Å². The van der Waals surface area contributed by atoms with Gasteiger partial charge in [-0.3, -0.25) is 4.79 Å². The van der Waals surface area contributed by atoms with Gasteiger partial charge in [0.2, 0.25) is 0 Å². The number of nitrogens with one attached hydrogen (secondary N) is 1. The zero-order chi connectivity index (χ0) is 21.2. The molecule has 0 aliphatic rings. The van der Waals surface area contributed by atoms with Crippen LogP contribution in [-0.4, -0.2) is 39.3 Å². The first kappa shape index (κ1) is 22.4. The number of methoxy groups -OCH3 is 2. The van der Waals surface area contributed by atoms with Crippen molar-refractivity contribution in [3.63, 3.8) is 0 Å². The van der Waals surface area contributed by atoms with Crippen LogP contribution in [0.15, 0.2) is 36.4 Å². The zero-order valence-electron chi connectivity index (χ0n) is 16.6. The molecule has 2 aromatic carbocycles. The van der Waals surface area contributed by atoms with Gasteiger partial charge in [0.1, 0.15) is 5.75 Å². The fourth-order valence-electron chi connectivity index (χ4n) is 2.49. The minimum atomic E-state index is -0.695. The first-order chi connectivity index (χ1) is 14.0. The Labute approximate surface area is 174 Å². The van der Waals surface area contributed by atoms with Crippen LogP contribution in [-0.2, 0) is 16.1 Å². The molecule has 0 saturated carbocycles. The van der Waals surface area contributed by atoms with Crippen molar-refractivity contribution < 1.29 is 28.5 Å². The molecule has 0 atom stereocenters. The van der Waals surface area contributed by atoms with Crippen molar-refractivity contribution in [3.8, 4) is 17.2 Å². The van der Waals surface area contributed by atoms with Crippen molar-refractivity contribution in [2.24, 2.45) is 0 Å². The molecule has 1 N–H and O–H groups in total. The highest BCUT2D eigenvalue weighted by Crippen LogP contribution is 2.36. The minimum Gasteiger partial charge on any atom is -0.496 e. The quantitative estimate of drug-likeness (QED) is 0.590. The molecule has 0 aromatic heterocycles. The molecule has 156 valence electrons. The van der Waals surface area contributed by atoms with Gasteiger partial charge in [-0.05, 0) is 24.6 Å². The molecule has 1 amide bonds. The van der Waals surface area contributed by atoms with Gasteiger partial charge in [-0.25, -0.2) is 4.79 Å². The molecule has 0 fully saturated rings. The van der Waals surface area contributed by atoms with Crippen molar-refractivity contribution in [2.45, 2.75) is 19.9 Å². The van der Waals surface area contributed by atoms with E-state index in [0.717, 1.165) is 12.0 Å². The Kier molecular flexibility index (Phi) is 8.61. The van der Waals surface area contributed by atoms with Gasteiger partial charge in [-0.2, -0.15) is 0 Å². The summed E-state index contributed by atoms with van der Waals surface area (Å²) in [4.78, 5) is 24.3. The van der Waals surface area contributed by atoms with Gasteiger partial charge in [0, 0.05) is 12.1 Å². The maximum absolute atomic E-state index is 12.3. The molecular weight excluding hydrogens is 398 g/mol. The average molecular weight is 422 g/mol. The number of benzene rings is 2.